The van der Waals surface area contributed by atoms with Crippen LogP contribution in [0.15, 0.2) is 46.9 Å². The Morgan fingerprint density at radius 2 is 1.95 bits per heavy atom. The lowest BCUT2D eigenvalue weighted by Crippen LogP contribution is -2.21. The van der Waals surface area contributed by atoms with Crippen molar-refractivity contribution >= 4 is 33.2 Å². The van der Waals surface area contributed by atoms with E-state index < -0.39 is 0 Å². The molecule has 0 spiro atoms. The summed E-state index contributed by atoms with van der Waals surface area (Å²) in [6.07, 6.45) is 0. The zero-order valence-corrected chi connectivity index (χ0v) is 13.9. The highest BCUT2D eigenvalue weighted by Crippen LogP contribution is 2.28. The molecule has 0 unspecified atom stereocenters. The minimum Gasteiger partial charge on any atom is -0.497 e. The highest BCUT2D eigenvalue weighted by Gasteiger charge is 2.07. The Hall–Kier alpha value is -2.21. The number of hydrogen-bond donors (Lipinski definition) is 2. The molecule has 116 valence electrons. The summed E-state index contributed by atoms with van der Waals surface area (Å²) in [6.45, 7) is 0.121. The summed E-state index contributed by atoms with van der Waals surface area (Å²) in [5, 5.41) is 5.86. The second-order valence-corrected chi connectivity index (χ2v) is 5.39. The number of hydrogen-bond acceptors (Lipinski definition) is 4. The van der Waals surface area contributed by atoms with Crippen molar-refractivity contribution in [2.45, 2.75) is 0 Å². The number of halogens is 1. The summed E-state index contributed by atoms with van der Waals surface area (Å²) in [6, 6.07) is 12.8. The van der Waals surface area contributed by atoms with Crippen molar-refractivity contribution in [2.75, 3.05) is 31.4 Å². The van der Waals surface area contributed by atoms with Gasteiger partial charge < -0.3 is 20.1 Å². The quantitative estimate of drug-likeness (QED) is 0.823. The van der Waals surface area contributed by atoms with Gasteiger partial charge in [-0.2, -0.15) is 0 Å². The average molecular weight is 365 g/mol. The Labute approximate surface area is 137 Å². The molecule has 0 aromatic heterocycles. The fourth-order valence-corrected chi connectivity index (χ4v) is 2.30. The van der Waals surface area contributed by atoms with E-state index in [-0.39, 0.29) is 12.5 Å². The normalized spacial score (nSPS) is 9.95. The third-order valence-electron chi connectivity index (χ3n) is 2.95. The van der Waals surface area contributed by atoms with E-state index in [1.807, 2.05) is 24.3 Å². The van der Waals surface area contributed by atoms with Crippen LogP contribution < -0.4 is 20.1 Å². The molecule has 0 aliphatic carbocycles. The first-order valence-corrected chi connectivity index (χ1v) is 7.43. The van der Waals surface area contributed by atoms with Crippen LogP contribution in [0.2, 0.25) is 0 Å². The minimum absolute atomic E-state index is 0.121. The van der Waals surface area contributed by atoms with Crippen molar-refractivity contribution < 1.29 is 14.3 Å². The lowest BCUT2D eigenvalue weighted by molar-refractivity contribution is -0.114. The van der Waals surface area contributed by atoms with Gasteiger partial charge in [-0.05, 0) is 30.3 Å². The number of benzene rings is 2. The number of nitrogens with one attached hydrogen (secondary N) is 2. The number of rotatable bonds is 6. The number of methoxy groups -OCH3 is 2. The zero-order valence-electron chi connectivity index (χ0n) is 12.4. The fraction of sp³-hybridized carbons (Fsp3) is 0.188. The maximum absolute atomic E-state index is 12.0. The van der Waals surface area contributed by atoms with Crippen molar-refractivity contribution in [2.24, 2.45) is 0 Å². The van der Waals surface area contributed by atoms with E-state index in [0.29, 0.717) is 17.2 Å². The van der Waals surface area contributed by atoms with Crippen LogP contribution in [0.25, 0.3) is 0 Å². The van der Waals surface area contributed by atoms with Gasteiger partial charge in [0.25, 0.3) is 0 Å². The van der Waals surface area contributed by atoms with Gasteiger partial charge in [-0.3, -0.25) is 4.79 Å². The molecule has 2 aromatic rings. The van der Waals surface area contributed by atoms with E-state index in [2.05, 4.69) is 26.6 Å². The van der Waals surface area contributed by atoms with Gasteiger partial charge in [-0.15, -0.1) is 0 Å². The third kappa shape index (κ3) is 4.39. The van der Waals surface area contributed by atoms with Gasteiger partial charge in [0.05, 0.1) is 26.5 Å². The van der Waals surface area contributed by atoms with Crippen molar-refractivity contribution in [1.82, 2.24) is 0 Å². The molecule has 0 saturated carbocycles. The molecule has 1 amide bonds. The number of anilines is 2. The first kappa shape index (κ1) is 16.2. The monoisotopic (exact) mass is 364 g/mol. The average Bonchev–Trinajstić information content (AvgIpc) is 2.52. The molecule has 0 bridgehead atoms. The molecule has 0 radical (unpaired) electrons. The molecule has 0 fully saturated rings. The number of carbonyl (C=O) groups is 1. The topological polar surface area (TPSA) is 59.6 Å². The second-order valence-electron chi connectivity index (χ2n) is 4.48. The van der Waals surface area contributed by atoms with Gasteiger partial charge in [0.1, 0.15) is 11.5 Å². The minimum atomic E-state index is -0.150. The zero-order chi connectivity index (χ0) is 15.9. The van der Waals surface area contributed by atoms with E-state index in [9.17, 15) is 4.79 Å². The Kier molecular flexibility index (Phi) is 5.66. The number of ether oxygens (including phenoxy) is 2. The molecule has 2 aromatic carbocycles. The standard InChI is InChI=1S/C16H17BrN2O3/c1-21-13-6-7-15(22-2)14(9-13)18-10-16(20)19-12-5-3-4-11(17)8-12/h3-9,18H,10H2,1-2H3,(H,19,20). The van der Waals surface area contributed by atoms with Crippen LogP contribution in [0.1, 0.15) is 0 Å². The van der Waals surface area contributed by atoms with Gasteiger partial charge in [-0.1, -0.05) is 22.0 Å². The summed E-state index contributed by atoms with van der Waals surface area (Å²) < 4.78 is 11.3. The molecule has 5 nitrogen and oxygen atoms in total. The van der Waals surface area contributed by atoms with E-state index in [1.165, 1.54) is 0 Å². The van der Waals surface area contributed by atoms with Crippen LogP contribution >= 0.6 is 15.9 Å². The Bertz CT molecular complexity index is 662. The van der Waals surface area contributed by atoms with E-state index in [1.54, 1.807) is 32.4 Å². The van der Waals surface area contributed by atoms with E-state index >= 15 is 0 Å². The van der Waals surface area contributed by atoms with Gasteiger partial charge in [-0.25, -0.2) is 0 Å². The smallest absolute Gasteiger partial charge is 0.243 e. The van der Waals surface area contributed by atoms with Crippen LogP contribution in [0.4, 0.5) is 11.4 Å². The summed E-state index contributed by atoms with van der Waals surface area (Å²) in [7, 11) is 3.17. The number of amides is 1. The summed E-state index contributed by atoms with van der Waals surface area (Å²) in [4.78, 5) is 12.0. The SMILES string of the molecule is COc1ccc(OC)c(NCC(=O)Nc2cccc(Br)c2)c1. The molecular formula is C16H17BrN2O3. The van der Waals surface area contributed by atoms with Gasteiger partial charge in [0.2, 0.25) is 5.91 Å². The largest absolute Gasteiger partial charge is 0.497 e. The van der Waals surface area contributed by atoms with Gasteiger partial charge in [0, 0.05) is 16.2 Å². The van der Waals surface area contributed by atoms with Crippen LogP contribution in [0.3, 0.4) is 0 Å². The number of carbonyl (C=O) groups excluding carboxylic acids is 1. The van der Waals surface area contributed by atoms with E-state index in [4.69, 9.17) is 9.47 Å². The summed E-state index contributed by atoms with van der Waals surface area (Å²) in [5.74, 6) is 1.19. The highest BCUT2D eigenvalue weighted by atomic mass is 79.9. The predicted octanol–water partition coefficient (Wildman–Crippen LogP) is 3.52. The molecular weight excluding hydrogens is 348 g/mol. The Morgan fingerprint density at radius 3 is 2.64 bits per heavy atom. The lowest BCUT2D eigenvalue weighted by Gasteiger charge is -2.12. The first-order chi connectivity index (χ1) is 10.6. The van der Waals surface area contributed by atoms with Crippen LogP contribution in [-0.2, 0) is 4.79 Å². The van der Waals surface area contributed by atoms with Crippen molar-refractivity contribution in [1.29, 1.82) is 0 Å². The van der Waals surface area contributed by atoms with Gasteiger partial charge >= 0.3 is 0 Å². The summed E-state index contributed by atoms with van der Waals surface area (Å²) in [5.41, 5.74) is 1.44. The third-order valence-corrected chi connectivity index (χ3v) is 3.45. The maximum Gasteiger partial charge on any atom is 0.243 e. The first-order valence-electron chi connectivity index (χ1n) is 6.63. The molecule has 0 atom stereocenters. The van der Waals surface area contributed by atoms with Crippen LogP contribution in [-0.4, -0.2) is 26.7 Å². The molecule has 2 rings (SSSR count). The van der Waals surface area contributed by atoms with Gasteiger partial charge in [0.15, 0.2) is 0 Å². The lowest BCUT2D eigenvalue weighted by atomic mass is 10.2. The van der Waals surface area contributed by atoms with Crippen LogP contribution in [0, 0.1) is 0 Å². The molecule has 0 saturated heterocycles. The molecule has 2 N–H and O–H groups in total. The fourth-order valence-electron chi connectivity index (χ4n) is 1.90. The summed E-state index contributed by atoms with van der Waals surface area (Å²) >= 11 is 3.37. The second kappa shape index (κ2) is 7.70. The predicted molar refractivity (Wildman–Crippen MR) is 90.8 cm³/mol. The van der Waals surface area contributed by atoms with Crippen molar-refractivity contribution in [3.05, 3.63) is 46.9 Å². The van der Waals surface area contributed by atoms with E-state index in [0.717, 1.165) is 10.2 Å². The highest BCUT2D eigenvalue weighted by molar-refractivity contribution is 9.10. The maximum atomic E-state index is 12.0. The molecule has 0 aliphatic rings. The Balaban J connectivity index is 1.98. The van der Waals surface area contributed by atoms with Crippen LogP contribution in [0.5, 0.6) is 11.5 Å². The van der Waals surface area contributed by atoms with Crippen molar-refractivity contribution in [3.63, 3.8) is 0 Å². The van der Waals surface area contributed by atoms with Crippen molar-refractivity contribution in [3.8, 4) is 11.5 Å². The molecule has 6 heteroatoms. The molecule has 0 aliphatic heterocycles. The molecule has 0 heterocycles. The Morgan fingerprint density at radius 1 is 1.14 bits per heavy atom. The molecule has 22 heavy (non-hydrogen) atoms.